The van der Waals surface area contributed by atoms with Crippen LogP contribution in [0.25, 0.3) is 0 Å². The number of rotatable bonds is 0. The number of carbonyl (C=O) groups is 1. The zero-order valence-electron chi connectivity index (χ0n) is 10.6. The van der Waals surface area contributed by atoms with Crippen LogP contribution in [0.3, 0.4) is 0 Å². The fourth-order valence-corrected chi connectivity index (χ4v) is 3.54. The molecule has 3 nitrogen and oxygen atoms in total. The minimum absolute atomic E-state index is 0.0654. The Morgan fingerprint density at radius 1 is 1.40 bits per heavy atom. The Balaban J connectivity index is 2.23. The lowest BCUT2D eigenvalue weighted by Crippen LogP contribution is -2.50. The van der Waals surface area contributed by atoms with E-state index in [0.717, 1.165) is 6.07 Å². The number of hydrogen-bond donors (Lipinski definition) is 1. The molecular formula is C13H12BrF3N2O. The van der Waals surface area contributed by atoms with Gasteiger partial charge in [-0.15, -0.1) is 0 Å². The van der Waals surface area contributed by atoms with Crippen LogP contribution in [0.15, 0.2) is 16.6 Å². The van der Waals surface area contributed by atoms with Gasteiger partial charge in [-0.3, -0.25) is 4.79 Å². The summed E-state index contributed by atoms with van der Waals surface area (Å²) in [5, 5.41) is 3.20. The number of halogens is 4. The van der Waals surface area contributed by atoms with Gasteiger partial charge < -0.3 is 10.2 Å². The molecule has 1 amide bonds. The van der Waals surface area contributed by atoms with Crippen molar-refractivity contribution >= 4 is 21.8 Å². The van der Waals surface area contributed by atoms with Gasteiger partial charge in [0.25, 0.3) is 5.91 Å². The van der Waals surface area contributed by atoms with Crippen LogP contribution in [0.4, 0.5) is 13.2 Å². The maximum Gasteiger partial charge on any atom is 0.417 e. The highest BCUT2D eigenvalue weighted by molar-refractivity contribution is 9.10. The molecule has 108 valence electrons. The lowest BCUT2D eigenvalue weighted by atomic mass is 9.95. The molecule has 1 aromatic rings. The van der Waals surface area contributed by atoms with E-state index in [2.05, 4.69) is 21.2 Å². The number of hydrogen-bond acceptors (Lipinski definition) is 2. The van der Waals surface area contributed by atoms with Gasteiger partial charge in [0.05, 0.1) is 17.2 Å². The molecule has 7 heteroatoms. The molecule has 0 radical (unpaired) electrons. The number of benzene rings is 1. The summed E-state index contributed by atoms with van der Waals surface area (Å²) in [6.45, 7) is 2.91. The Morgan fingerprint density at radius 3 is 2.75 bits per heavy atom. The molecule has 2 heterocycles. The third-order valence-corrected chi connectivity index (χ3v) is 4.32. The van der Waals surface area contributed by atoms with Crippen molar-refractivity contribution in [2.45, 2.75) is 25.2 Å². The maximum absolute atomic E-state index is 13.2. The summed E-state index contributed by atoms with van der Waals surface area (Å²) in [7, 11) is 0. The third-order valence-electron chi connectivity index (χ3n) is 3.86. The molecular weight excluding hydrogens is 337 g/mol. The first-order valence-electron chi connectivity index (χ1n) is 6.25. The summed E-state index contributed by atoms with van der Waals surface area (Å²) in [5.41, 5.74) is -0.592. The quantitative estimate of drug-likeness (QED) is 0.781. The highest BCUT2D eigenvalue weighted by Gasteiger charge is 2.47. The van der Waals surface area contributed by atoms with Crippen LogP contribution in [0.1, 0.15) is 34.5 Å². The number of carbonyl (C=O) groups excluding carboxylic acids is 1. The molecule has 0 aliphatic carbocycles. The number of amides is 1. The lowest BCUT2D eigenvalue weighted by Gasteiger charge is -2.36. The topological polar surface area (TPSA) is 32.3 Å². The molecule has 0 spiro atoms. The van der Waals surface area contributed by atoms with Gasteiger partial charge in [-0.1, -0.05) is 15.9 Å². The summed E-state index contributed by atoms with van der Waals surface area (Å²) in [6.07, 6.45) is -4.53. The van der Waals surface area contributed by atoms with Crippen molar-refractivity contribution in [1.82, 2.24) is 10.2 Å². The largest absolute Gasteiger partial charge is 0.417 e. The number of fused-ring (bicyclic) bond motifs is 3. The molecule has 3 rings (SSSR count). The van der Waals surface area contributed by atoms with Crippen molar-refractivity contribution in [3.8, 4) is 0 Å². The van der Waals surface area contributed by atoms with E-state index in [4.69, 9.17) is 0 Å². The van der Waals surface area contributed by atoms with Crippen molar-refractivity contribution in [2.75, 3.05) is 13.1 Å². The molecule has 1 aromatic carbocycles. The van der Waals surface area contributed by atoms with E-state index in [9.17, 15) is 18.0 Å². The molecule has 20 heavy (non-hydrogen) atoms. The van der Waals surface area contributed by atoms with Gasteiger partial charge in [0, 0.05) is 23.6 Å². The summed E-state index contributed by atoms with van der Waals surface area (Å²) in [5.74, 6) is -0.516. The van der Waals surface area contributed by atoms with Crippen LogP contribution in [0.2, 0.25) is 0 Å². The van der Waals surface area contributed by atoms with Gasteiger partial charge in [0.1, 0.15) is 0 Å². The minimum Gasteiger partial charge on any atom is -0.329 e. The van der Waals surface area contributed by atoms with Crippen LogP contribution < -0.4 is 5.32 Å². The number of nitrogens with one attached hydrogen (secondary N) is 1. The van der Waals surface area contributed by atoms with Gasteiger partial charge in [-0.2, -0.15) is 13.2 Å². The van der Waals surface area contributed by atoms with Crippen LogP contribution in [-0.4, -0.2) is 29.9 Å². The highest BCUT2D eigenvalue weighted by Crippen LogP contribution is 2.44. The van der Waals surface area contributed by atoms with E-state index in [1.54, 1.807) is 6.07 Å². The van der Waals surface area contributed by atoms with Crippen LogP contribution in [0.5, 0.6) is 0 Å². The number of alkyl halides is 3. The smallest absolute Gasteiger partial charge is 0.329 e. The van der Waals surface area contributed by atoms with E-state index in [1.807, 2.05) is 6.92 Å². The van der Waals surface area contributed by atoms with E-state index in [0.29, 0.717) is 23.1 Å². The fraction of sp³-hybridized carbons (Fsp3) is 0.462. The third kappa shape index (κ3) is 1.95. The first kappa shape index (κ1) is 13.9. The van der Waals surface area contributed by atoms with Gasteiger partial charge in [-0.25, -0.2) is 0 Å². The van der Waals surface area contributed by atoms with Gasteiger partial charge in [-0.05, 0) is 24.6 Å². The second-order valence-electron chi connectivity index (χ2n) is 5.10. The molecule has 0 aromatic heterocycles. The number of piperazine rings is 1. The van der Waals surface area contributed by atoms with Crippen molar-refractivity contribution in [3.05, 3.63) is 33.3 Å². The Morgan fingerprint density at radius 2 is 2.10 bits per heavy atom. The second-order valence-corrected chi connectivity index (χ2v) is 6.02. The van der Waals surface area contributed by atoms with Crippen molar-refractivity contribution in [2.24, 2.45) is 0 Å². The fourth-order valence-electron chi connectivity index (χ4n) is 3.07. The Bertz CT molecular complexity index is 588. The standard InChI is InChI=1S/C13H12BrF3N2O/c1-6-11-8-4-7(14)5-9(13(15,16)17)10(8)12(20)19(11)3-2-18-6/h4-6,11,18H,2-3H2,1H3/t6?,11-/m0/s1. The molecule has 1 N–H and O–H groups in total. The van der Waals surface area contributed by atoms with Gasteiger partial charge >= 0.3 is 6.18 Å². The first-order chi connectivity index (χ1) is 9.30. The van der Waals surface area contributed by atoms with E-state index >= 15 is 0 Å². The van der Waals surface area contributed by atoms with Gasteiger partial charge in [0.15, 0.2) is 0 Å². The zero-order chi connectivity index (χ0) is 14.7. The Labute approximate surface area is 122 Å². The van der Waals surface area contributed by atoms with E-state index in [1.165, 1.54) is 4.90 Å². The molecule has 2 aliphatic heterocycles. The average Bonchev–Trinajstić information content (AvgIpc) is 2.62. The lowest BCUT2D eigenvalue weighted by molar-refractivity contribution is -0.138. The molecule has 0 bridgehead atoms. The van der Waals surface area contributed by atoms with Crippen molar-refractivity contribution in [1.29, 1.82) is 0 Å². The predicted molar refractivity (Wildman–Crippen MR) is 70.4 cm³/mol. The van der Waals surface area contributed by atoms with E-state index in [-0.39, 0.29) is 17.6 Å². The van der Waals surface area contributed by atoms with Crippen molar-refractivity contribution < 1.29 is 18.0 Å². The Hall–Kier alpha value is -1.08. The predicted octanol–water partition coefficient (Wildman–Crippen LogP) is 2.96. The SMILES string of the molecule is CC1NCCN2C(=O)c3c(cc(Br)cc3C(F)(F)F)[C@H]12. The minimum atomic E-state index is -4.53. The second kappa shape index (κ2) is 4.46. The molecule has 1 unspecified atom stereocenters. The van der Waals surface area contributed by atoms with Crippen LogP contribution >= 0.6 is 15.9 Å². The van der Waals surface area contributed by atoms with E-state index < -0.39 is 17.6 Å². The average molecular weight is 349 g/mol. The summed E-state index contributed by atoms with van der Waals surface area (Å²) in [6, 6.07) is 2.21. The molecule has 2 atom stereocenters. The molecule has 0 saturated carbocycles. The highest BCUT2D eigenvalue weighted by atomic mass is 79.9. The van der Waals surface area contributed by atoms with Crippen molar-refractivity contribution in [3.63, 3.8) is 0 Å². The summed E-state index contributed by atoms with van der Waals surface area (Å²) < 4.78 is 39.8. The zero-order valence-corrected chi connectivity index (χ0v) is 12.2. The molecule has 1 saturated heterocycles. The molecule has 1 fully saturated rings. The normalized spacial score (nSPS) is 25.6. The van der Waals surface area contributed by atoms with Gasteiger partial charge in [0.2, 0.25) is 0 Å². The first-order valence-corrected chi connectivity index (χ1v) is 7.05. The van der Waals surface area contributed by atoms with Crippen LogP contribution in [-0.2, 0) is 6.18 Å². The monoisotopic (exact) mass is 348 g/mol. The summed E-state index contributed by atoms with van der Waals surface area (Å²) >= 11 is 3.11. The van der Waals surface area contributed by atoms with Crippen LogP contribution in [0, 0.1) is 0 Å². The Kier molecular flexibility index (Phi) is 3.10. The molecule has 2 aliphatic rings. The number of nitrogens with zero attached hydrogens (tertiary/aromatic N) is 1. The maximum atomic E-state index is 13.2. The summed E-state index contributed by atoms with van der Waals surface area (Å²) in [4.78, 5) is 13.9.